The lowest BCUT2D eigenvalue weighted by molar-refractivity contribution is -0.137. The summed E-state index contributed by atoms with van der Waals surface area (Å²) < 4.78 is 5.89. The third kappa shape index (κ3) is 13.2. The van der Waals surface area contributed by atoms with Crippen LogP contribution in [0.5, 0.6) is 5.75 Å². The van der Waals surface area contributed by atoms with Crippen LogP contribution in [0.2, 0.25) is 0 Å². The number of aromatic nitrogens is 2. The van der Waals surface area contributed by atoms with Crippen LogP contribution in [0.1, 0.15) is 87.7 Å². The molecule has 0 aliphatic carbocycles. The Morgan fingerprint density at radius 1 is 0.774 bits per heavy atom. The second kappa shape index (κ2) is 19.9. The number of carboxylic acids is 1. The van der Waals surface area contributed by atoms with Gasteiger partial charge in [0.15, 0.2) is 5.82 Å². The van der Waals surface area contributed by atoms with Crippen LogP contribution < -0.4 is 20.7 Å². The van der Waals surface area contributed by atoms with Crippen molar-refractivity contribution >= 4 is 23.7 Å². The molecule has 0 aliphatic rings. The number of carbonyl (C=O) groups excluding carboxylic acids is 3. The molecule has 0 saturated heterocycles. The first kappa shape index (κ1) is 40.2. The van der Waals surface area contributed by atoms with Crippen molar-refractivity contribution in [3.63, 3.8) is 0 Å². The van der Waals surface area contributed by atoms with Crippen molar-refractivity contribution in [2.45, 2.75) is 84.1 Å². The minimum atomic E-state index is -1.04. The van der Waals surface area contributed by atoms with Gasteiger partial charge in [-0.3, -0.25) is 19.2 Å². The lowest BCUT2D eigenvalue weighted by Gasteiger charge is -2.21. The molecule has 4 rings (SSSR count). The number of nitrogens with one attached hydrogen (secondary N) is 3. The van der Waals surface area contributed by atoms with Crippen LogP contribution in [0.4, 0.5) is 0 Å². The van der Waals surface area contributed by atoms with Gasteiger partial charge in [0.1, 0.15) is 11.8 Å². The molecule has 1 atom stereocenters. The molecule has 0 radical (unpaired) electrons. The molecule has 4 aromatic rings. The summed E-state index contributed by atoms with van der Waals surface area (Å²) in [6.45, 7) is 8.74. The van der Waals surface area contributed by atoms with Crippen LogP contribution in [0.25, 0.3) is 22.5 Å². The van der Waals surface area contributed by atoms with Crippen molar-refractivity contribution in [1.82, 2.24) is 25.9 Å². The molecule has 0 saturated carbocycles. The molecule has 3 amide bonds. The van der Waals surface area contributed by atoms with Crippen LogP contribution in [0, 0.1) is 0 Å². The number of nitrogens with zero attached hydrogens (tertiary/aromatic N) is 2. The second-order valence-electron chi connectivity index (χ2n) is 14.0. The Hall–Kier alpha value is -5.58. The van der Waals surface area contributed by atoms with Crippen LogP contribution in [0.3, 0.4) is 0 Å². The van der Waals surface area contributed by atoms with E-state index in [2.05, 4.69) is 53.6 Å². The largest absolute Gasteiger partial charge is 0.494 e. The van der Waals surface area contributed by atoms with Crippen LogP contribution in [-0.2, 0) is 26.2 Å². The standard InChI is InChI=1S/C42H51N5O6/c1-5-6-7-8-9-24-53-35-20-16-30(17-21-35)33-26-44-39(45-27-33)31-12-10-29(11-13-31)25-36(41(52)46-28-37(48)43-23-22-38(49)50)47-40(51)32-14-18-34(19-15-32)42(2,3)4/h10-21,26-27,36H,5-9,22-25,28H2,1-4H3,(H,43,48)(H,46,52)(H,47,51)(H,49,50)/t36-/m0/s1. The predicted octanol–water partition coefficient (Wildman–Crippen LogP) is 6.51. The predicted molar refractivity (Wildman–Crippen MR) is 206 cm³/mol. The van der Waals surface area contributed by atoms with E-state index >= 15 is 0 Å². The third-order valence-corrected chi connectivity index (χ3v) is 8.73. The minimum Gasteiger partial charge on any atom is -0.494 e. The quantitative estimate of drug-likeness (QED) is 0.0799. The summed E-state index contributed by atoms with van der Waals surface area (Å²) >= 11 is 0. The van der Waals surface area contributed by atoms with Gasteiger partial charge in [-0.25, -0.2) is 9.97 Å². The SMILES string of the molecule is CCCCCCCOc1ccc(-c2cnc(-c3ccc(C[C@H](NC(=O)c4ccc(C(C)(C)C)cc4)C(=O)NCC(=O)NCCC(=O)O)cc3)nc2)cc1. The van der Waals surface area contributed by atoms with Crippen molar-refractivity contribution in [3.05, 3.63) is 102 Å². The number of hydrogen-bond acceptors (Lipinski definition) is 7. The third-order valence-electron chi connectivity index (χ3n) is 8.73. The van der Waals surface area contributed by atoms with Gasteiger partial charge in [0, 0.05) is 42.0 Å². The molecule has 280 valence electrons. The average molecular weight is 722 g/mol. The van der Waals surface area contributed by atoms with Gasteiger partial charge in [0.25, 0.3) is 5.91 Å². The van der Waals surface area contributed by atoms with E-state index in [4.69, 9.17) is 9.84 Å². The molecular weight excluding hydrogens is 670 g/mol. The first-order chi connectivity index (χ1) is 25.4. The molecule has 11 heteroatoms. The van der Waals surface area contributed by atoms with Gasteiger partial charge in [-0.1, -0.05) is 102 Å². The van der Waals surface area contributed by atoms with Gasteiger partial charge < -0.3 is 25.8 Å². The number of benzene rings is 3. The Morgan fingerprint density at radius 2 is 1.42 bits per heavy atom. The summed E-state index contributed by atoms with van der Waals surface area (Å²) in [6.07, 6.45) is 9.45. The zero-order chi connectivity index (χ0) is 38.2. The van der Waals surface area contributed by atoms with Crippen LogP contribution in [0.15, 0.2) is 85.2 Å². The Labute approximate surface area is 312 Å². The molecule has 0 aliphatic heterocycles. The Morgan fingerprint density at radius 3 is 2.04 bits per heavy atom. The molecule has 1 heterocycles. The highest BCUT2D eigenvalue weighted by molar-refractivity contribution is 5.98. The number of ether oxygens (including phenoxy) is 1. The lowest BCUT2D eigenvalue weighted by Crippen LogP contribution is -2.50. The average Bonchev–Trinajstić information content (AvgIpc) is 3.15. The van der Waals surface area contributed by atoms with E-state index in [0.717, 1.165) is 40.0 Å². The minimum absolute atomic E-state index is 0.0601. The van der Waals surface area contributed by atoms with Crippen molar-refractivity contribution in [2.24, 2.45) is 0 Å². The van der Waals surface area contributed by atoms with Crippen molar-refractivity contribution in [2.75, 3.05) is 19.7 Å². The van der Waals surface area contributed by atoms with E-state index in [0.29, 0.717) is 18.0 Å². The molecule has 0 bridgehead atoms. The van der Waals surface area contributed by atoms with Gasteiger partial charge in [-0.2, -0.15) is 0 Å². The number of amides is 3. The lowest BCUT2D eigenvalue weighted by atomic mass is 9.86. The Kier molecular flexibility index (Phi) is 15.1. The molecule has 4 N–H and O–H groups in total. The number of rotatable bonds is 19. The molecular formula is C42H51N5O6. The molecule has 0 spiro atoms. The normalized spacial score (nSPS) is 11.7. The summed E-state index contributed by atoms with van der Waals surface area (Å²) in [5.74, 6) is -1.18. The van der Waals surface area contributed by atoms with E-state index in [1.165, 1.54) is 25.7 Å². The monoisotopic (exact) mass is 721 g/mol. The number of aliphatic carboxylic acids is 1. The van der Waals surface area contributed by atoms with Gasteiger partial charge in [-0.15, -0.1) is 0 Å². The van der Waals surface area contributed by atoms with Gasteiger partial charge in [0.2, 0.25) is 11.8 Å². The van der Waals surface area contributed by atoms with Gasteiger partial charge in [0.05, 0.1) is 19.6 Å². The van der Waals surface area contributed by atoms with E-state index in [1.807, 2.05) is 60.7 Å². The van der Waals surface area contributed by atoms with Crippen molar-refractivity contribution in [1.29, 1.82) is 0 Å². The van der Waals surface area contributed by atoms with Gasteiger partial charge >= 0.3 is 5.97 Å². The topological polar surface area (TPSA) is 160 Å². The molecule has 0 unspecified atom stereocenters. The Bertz CT molecular complexity index is 1780. The van der Waals surface area contributed by atoms with Crippen molar-refractivity contribution in [3.8, 4) is 28.3 Å². The summed E-state index contributed by atoms with van der Waals surface area (Å²) in [7, 11) is 0. The summed E-state index contributed by atoms with van der Waals surface area (Å²) in [6, 6.07) is 21.6. The fraction of sp³-hybridized carbons (Fsp3) is 0.381. The Balaban J connectivity index is 1.39. The maximum absolute atomic E-state index is 13.3. The first-order valence-corrected chi connectivity index (χ1v) is 18.2. The second-order valence-corrected chi connectivity index (χ2v) is 14.0. The maximum atomic E-state index is 13.3. The van der Waals surface area contributed by atoms with E-state index < -0.39 is 29.7 Å². The van der Waals surface area contributed by atoms with Crippen LogP contribution in [-0.4, -0.2) is 64.5 Å². The summed E-state index contributed by atoms with van der Waals surface area (Å²) in [5, 5.41) is 16.6. The van der Waals surface area contributed by atoms with Crippen LogP contribution >= 0.6 is 0 Å². The number of carbonyl (C=O) groups is 4. The summed E-state index contributed by atoms with van der Waals surface area (Å²) in [4.78, 5) is 58.7. The fourth-order valence-electron chi connectivity index (χ4n) is 5.53. The highest BCUT2D eigenvalue weighted by Crippen LogP contribution is 2.24. The highest BCUT2D eigenvalue weighted by atomic mass is 16.5. The molecule has 1 aromatic heterocycles. The first-order valence-electron chi connectivity index (χ1n) is 18.2. The number of carboxylic acid groups (broad SMARTS) is 1. The smallest absolute Gasteiger partial charge is 0.305 e. The zero-order valence-electron chi connectivity index (χ0n) is 31.1. The fourth-order valence-corrected chi connectivity index (χ4v) is 5.53. The molecule has 53 heavy (non-hydrogen) atoms. The van der Waals surface area contributed by atoms with Gasteiger partial charge in [-0.05, 0) is 52.8 Å². The summed E-state index contributed by atoms with van der Waals surface area (Å²) in [5.41, 5.74) is 4.79. The maximum Gasteiger partial charge on any atom is 0.305 e. The molecule has 3 aromatic carbocycles. The highest BCUT2D eigenvalue weighted by Gasteiger charge is 2.23. The van der Waals surface area contributed by atoms with Crippen molar-refractivity contribution < 1.29 is 29.0 Å². The number of hydrogen-bond donors (Lipinski definition) is 4. The zero-order valence-corrected chi connectivity index (χ0v) is 31.1. The molecule has 0 fully saturated rings. The number of unbranched alkanes of at least 4 members (excludes halogenated alkanes) is 4. The van der Waals surface area contributed by atoms with E-state index in [1.54, 1.807) is 24.5 Å². The van der Waals surface area contributed by atoms with E-state index in [-0.39, 0.29) is 31.3 Å². The van der Waals surface area contributed by atoms with E-state index in [9.17, 15) is 19.2 Å². The molecule has 11 nitrogen and oxygen atoms in total.